The van der Waals surface area contributed by atoms with Crippen molar-refractivity contribution in [3.63, 3.8) is 0 Å². The minimum absolute atomic E-state index is 0.0840. The van der Waals surface area contributed by atoms with Gasteiger partial charge in [0, 0.05) is 17.1 Å². The van der Waals surface area contributed by atoms with Crippen molar-refractivity contribution in [2.45, 2.75) is 67.0 Å². The number of hydrogen-bond acceptors (Lipinski definition) is 6. The Labute approximate surface area is 183 Å². The summed E-state index contributed by atoms with van der Waals surface area (Å²) < 4.78 is 12.6. The lowest BCUT2D eigenvalue weighted by atomic mass is 9.71. The maximum atomic E-state index is 12.6. The quantitative estimate of drug-likeness (QED) is 0.778. The van der Waals surface area contributed by atoms with Crippen LogP contribution in [-0.2, 0) is 10.8 Å². The molecule has 30 heavy (non-hydrogen) atoms. The van der Waals surface area contributed by atoms with Crippen molar-refractivity contribution in [3.05, 3.63) is 41.0 Å². The zero-order valence-electron chi connectivity index (χ0n) is 16.7. The molecule has 5 aliphatic rings. The number of piperidine rings is 1. The topological polar surface area (TPSA) is 69.6 Å². The van der Waals surface area contributed by atoms with Gasteiger partial charge in [0.2, 0.25) is 5.95 Å². The van der Waals surface area contributed by atoms with E-state index in [1.165, 1.54) is 12.0 Å². The number of fused-ring (bicyclic) bond motifs is 3. The second-order valence-corrected chi connectivity index (χ2v) is 11.0. The Bertz CT molecular complexity index is 995. The predicted octanol–water partition coefficient (Wildman–Crippen LogP) is 3.46. The minimum Gasteiger partial charge on any atom is -0.394 e. The van der Waals surface area contributed by atoms with Crippen LogP contribution in [0.15, 0.2) is 35.4 Å². The molecule has 1 N–H and O–H groups in total. The van der Waals surface area contributed by atoms with E-state index in [0.29, 0.717) is 28.8 Å². The summed E-state index contributed by atoms with van der Waals surface area (Å²) in [5.41, 5.74) is 1.07. The number of rotatable bonds is 4. The molecule has 2 aromatic rings. The second-order valence-electron chi connectivity index (χ2n) is 9.17. The first-order valence-electron chi connectivity index (χ1n) is 10.8. The number of aromatic nitrogens is 2. The normalized spacial score (nSPS) is 31.1. The molecule has 3 atom stereocenters. The highest BCUT2D eigenvalue weighted by Gasteiger charge is 2.49. The summed E-state index contributed by atoms with van der Waals surface area (Å²) in [7, 11) is -1.13. The van der Waals surface area contributed by atoms with Gasteiger partial charge in [-0.25, -0.2) is 4.98 Å². The first-order valence-corrected chi connectivity index (χ1v) is 12.5. The van der Waals surface area contributed by atoms with Crippen molar-refractivity contribution in [2.24, 2.45) is 0 Å². The van der Waals surface area contributed by atoms with Crippen molar-refractivity contribution in [2.75, 3.05) is 22.3 Å². The lowest BCUT2D eigenvalue weighted by Crippen LogP contribution is -2.61. The van der Waals surface area contributed by atoms with E-state index in [1.54, 1.807) is 6.20 Å². The molecule has 8 heteroatoms. The van der Waals surface area contributed by atoms with Crippen molar-refractivity contribution in [1.29, 1.82) is 0 Å². The molecule has 3 aliphatic heterocycles. The Balaban J connectivity index is 1.26. The Kier molecular flexibility index (Phi) is 4.38. The number of anilines is 2. The summed E-state index contributed by atoms with van der Waals surface area (Å²) in [6.07, 6.45) is 8.07. The number of aliphatic hydroxyl groups is 1. The first kappa shape index (κ1) is 19.0. The molecule has 2 saturated heterocycles. The van der Waals surface area contributed by atoms with E-state index in [4.69, 9.17) is 16.6 Å². The molecular weight excluding hydrogens is 420 g/mol. The lowest BCUT2D eigenvalue weighted by molar-refractivity contribution is 0.119. The molecule has 0 radical (unpaired) electrons. The van der Waals surface area contributed by atoms with Crippen molar-refractivity contribution in [3.8, 4) is 0 Å². The molecular formula is C22H25ClN4O2S. The van der Waals surface area contributed by atoms with Gasteiger partial charge in [0.15, 0.2) is 5.82 Å². The Morgan fingerprint density at radius 3 is 2.53 bits per heavy atom. The van der Waals surface area contributed by atoms with Crippen molar-refractivity contribution in [1.82, 2.24) is 9.97 Å². The molecule has 7 rings (SSSR count). The van der Waals surface area contributed by atoms with Gasteiger partial charge in [0.25, 0.3) is 0 Å². The fourth-order valence-corrected chi connectivity index (χ4v) is 7.17. The van der Waals surface area contributed by atoms with E-state index in [2.05, 4.69) is 26.9 Å². The molecule has 6 nitrogen and oxygen atoms in total. The summed E-state index contributed by atoms with van der Waals surface area (Å²) in [6, 6.07) is 9.13. The van der Waals surface area contributed by atoms with E-state index in [0.717, 1.165) is 48.9 Å². The van der Waals surface area contributed by atoms with Gasteiger partial charge in [-0.05, 0) is 62.1 Å². The third kappa shape index (κ3) is 2.75. The maximum absolute atomic E-state index is 12.6. The van der Waals surface area contributed by atoms with Gasteiger partial charge >= 0.3 is 0 Å². The van der Waals surface area contributed by atoms with Crippen LogP contribution in [0.25, 0.3) is 0 Å². The molecule has 2 aliphatic carbocycles. The summed E-state index contributed by atoms with van der Waals surface area (Å²) in [5, 5.41) is 10.8. The molecule has 2 saturated carbocycles. The molecule has 4 heterocycles. The molecule has 0 amide bonds. The van der Waals surface area contributed by atoms with Crippen LogP contribution in [0.5, 0.6) is 0 Å². The molecule has 2 unspecified atom stereocenters. The minimum atomic E-state index is -1.13. The first-order chi connectivity index (χ1) is 14.6. The fraction of sp³-hybridized carbons (Fsp3) is 0.545. The zero-order valence-corrected chi connectivity index (χ0v) is 18.3. The fourth-order valence-electron chi connectivity index (χ4n) is 5.75. The van der Waals surface area contributed by atoms with Gasteiger partial charge in [-0.3, -0.25) is 4.21 Å². The Morgan fingerprint density at radius 2 is 1.90 bits per heavy atom. The number of aliphatic hydroxyl groups excluding tert-OH is 1. The summed E-state index contributed by atoms with van der Waals surface area (Å²) in [5.74, 6) is 2.49. The lowest BCUT2D eigenvalue weighted by Gasteiger charge is -2.55. The van der Waals surface area contributed by atoms with E-state index < -0.39 is 10.8 Å². The standard InChI is InChI=1S/C22H25ClN4O2S/c23-16-4-2-14(3-5-16)15-8-17-10-18(9-15)27(17)21-24-11-19-20(25-21)26(13-30(19)29)22(12-28)6-1-7-22/h2-5,11,15,17-18,28H,1,6-10,12-13H2/t15?,17?,18?,30-/m0/s1. The molecule has 158 valence electrons. The SMILES string of the molecule is O=[S@]1CN(C2(CO)CCC2)c2nc(N3C4CC(c5ccc(Cl)cc5)CC3C4)ncc21. The van der Waals surface area contributed by atoms with E-state index in [1.807, 2.05) is 12.1 Å². The highest BCUT2D eigenvalue weighted by Crippen LogP contribution is 2.49. The van der Waals surface area contributed by atoms with E-state index in [9.17, 15) is 9.32 Å². The predicted molar refractivity (Wildman–Crippen MR) is 118 cm³/mol. The summed E-state index contributed by atoms with van der Waals surface area (Å²) in [6.45, 7) is 0.0840. The summed E-state index contributed by atoms with van der Waals surface area (Å²) >= 11 is 6.05. The number of benzene rings is 1. The van der Waals surface area contributed by atoms with Crippen LogP contribution in [0.2, 0.25) is 5.02 Å². The average Bonchev–Trinajstić information content (AvgIpc) is 3.04. The van der Waals surface area contributed by atoms with Crippen LogP contribution in [-0.4, -0.2) is 49.4 Å². The monoisotopic (exact) mass is 444 g/mol. The Hall–Kier alpha value is -1.70. The van der Waals surface area contributed by atoms with Crippen molar-refractivity contribution < 1.29 is 9.32 Å². The smallest absolute Gasteiger partial charge is 0.227 e. The largest absolute Gasteiger partial charge is 0.394 e. The molecule has 1 aromatic carbocycles. The third-order valence-corrected chi connectivity index (χ3v) is 9.16. The highest BCUT2D eigenvalue weighted by molar-refractivity contribution is 7.85. The molecule has 1 aromatic heterocycles. The van der Waals surface area contributed by atoms with Gasteiger partial charge in [0.05, 0.1) is 29.1 Å². The van der Waals surface area contributed by atoms with Crippen molar-refractivity contribution >= 4 is 34.2 Å². The van der Waals surface area contributed by atoms with Gasteiger partial charge < -0.3 is 14.9 Å². The number of halogens is 1. The zero-order chi connectivity index (χ0) is 20.5. The average molecular weight is 445 g/mol. The second kappa shape index (κ2) is 6.90. The summed E-state index contributed by atoms with van der Waals surface area (Å²) in [4.78, 5) is 14.7. The molecule has 4 fully saturated rings. The third-order valence-electron chi connectivity index (χ3n) is 7.64. The van der Waals surface area contributed by atoms with Crippen LogP contribution in [0.4, 0.5) is 11.8 Å². The van der Waals surface area contributed by atoms with Crippen LogP contribution >= 0.6 is 11.6 Å². The van der Waals surface area contributed by atoms with Crippen LogP contribution in [0.1, 0.15) is 50.0 Å². The highest BCUT2D eigenvalue weighted by atomic mass is 35.5. The molecule has 0 spiro atoms. The number of nitrogens with zero attached hydrogens (tertiary/aromatic N) is 4. The van der Waals surface area contributed by atoms with Crippen LogP contribution in [0.3, 0.4) is 0 Å². The number of hydrogen-bond donors (Lipinski definition) is 1. The van der Waals surface area contributed by atoms with Gasteiger partial charge in [-0.2, -0.15) is 4.98 Å². The van der Waals surface area contributed by atoms with E-state index in [-0.39, 0.29) is 12.1 Å². The molecule has 2 bridgehead atoms. The van der Waals surface area contributed by atoms with Gasteiger partial charge in [-0.1, -0.05) is 23.7 Å². The van der Waals surface area contributed by atoms with Gasteiger partial charge in [-0.15, -0.1) is 0 Å². The van der Waals surface area contributed by atoms with E-state index >= 15 is 0 Å². The Morgan fingerprint density at radius 1 is 1.17 bits per heavy atom. The van der Waals surface area contributed by atoms with Crippen LogP contribution in [0, 0.1) is 0 Å². The van der Waals surface area contributed by atoms with Gasteiger partial charge in [0.1, 0.15) is 10.8 Å². The maximum Gasteiger partial charge on any atom is 0.227 e. The van der Waals surface area contributed by atoms with Crippen LogP contribution < -0.4 is 9.80 Å².